The third-order valence-corrected chi connectivity index (χ3v) is 5.83. The molecule has 0 saturated carbocycles. The highest BCUT2D eigenvalue weighted by Gasteiger charge is 2.31. The van der Waals surface area contributed by atoms with Crippen molar-refractivity contribution in [1.29, 1.82) is 0 Å². The van der Waals surface area contributed by atoms with E-state index in [0.29, 0.717) is 24.8 Å². The van der Waals surface area contributed by atoms with Gasteiger partial charge in [0, 0.05) is 24.6 Å². The monoisotopic (exact) mass is 405 g/mol. The SMILES string of the molecule is CCC(C(=O)N1CCC(c2nc(-c3cccc(OC)c3)no2)CC1)c1ccccc1. The van der Waals surface area contributed by atoms with Crippen molar-refractivity contribution < 1.29 is 14.1 Å². The molecule has 3 aromatic rings. The zero-order valence-corrected chi connectivity index (χ0v) is 17.5. The summed E-state index contributed by atoms with van der Waals surface area (Å²) < 4.78 is 10.8. The summed E-state index contributed by atoms with van der Waals surface area (Å²) in [6.07, 6.45) is 2.46. The molecule has 1 aromatic heterocycles. The Bertz CT molecular complexity index is 978. The van der Waals surface area contributed by atoms with Crippen molar-refractivity contribution in [2.75, 3.05) is 20.2 Å². The van der Waals surface area contributed by atoms with Crippen LogP contribution in [-0.2, 0) is 4.79 Å². The Morgan fingerprint density at radius 3 is 2.63 bits per heavy atom. The molecule has 1 amide bonds. The predicted molar refractivity (Wildman–Crippen MR) is 114 cm³/mol. The van der Waals surface area contributed by atoms with Crippen molar-refractivity contribution in [3.05, 3.63) is 66.1 Å². The molecule has 0 spiro atoms. The molecule has 0 aliphatic carbocycles. The molecule has 0 bridgehead atoms. The number of carbonyl (C=O) groups is 1. The van der Waals surface area contributed by atoms with Crippen LogP contribution in [0, 0.1) is 0 Å². The molecule has 2 aromatic carbocycles. The molecule has 30 heavy (non-hydrogen) atoms. The van der Waals surface area contributed by atoms with Crippen LogP contribution in [0.15, 0.2) is 59.1 Å². The fourth-order valence-corrected chi connectivity index (χ4v) is 4.09. The minimum atomic E-state index is -0.0779. The molecule has 6 heteroatoms. The van der Waals surface area contributed by atoms with Gasteiger partial charge in [0.15, 0.2) is 0 Å². The fraction of sp³-hybridized carbons (Fsp3) is 0.375. The third kappa shape index (κ3) is 4.22. The number of ether oxygens (including phenoxy) is 1. The lowest BCUT2D eigenvalue weighted by Crippen LogP contribution is -2.40. The van der Waals surface area contributed by atoms with Gasteiger partial charge in [-0.2, -0.15) is 4.98 Å². The normalized spacial score (nSPS) is 15.7. The highest BCUT2D eigenvalue weighted by molar-refractivity contribution is 5.83. The van der Waals surface area contributed by atoms with Gasteiger partial charge in [-0.25, -0.2) is 0 Å². The number of hydrogen-bond acceptors (Lipinski definition) is 5. The summed E-state index contributed by atoms with van der Waals surface area (Å²) in [5.74, 6) is 2.29. The molecule has 2 heterocycles. The second-order valence-corrected chi connectivity index (χ2v) is 7.66. The second kappa shape index (κ2) is 9.11. The summed E-state index contributed by atoms with van der Waals surface area (Å²) >= 11 is 0. The standard InChI is InChI=1S/C24H27N3O3/c1-3-21(17-8-5-4-6-9-17)24(28)27-14-12-18(13-15-27)23-25-22(26-30-23)19-10-7-11-20(16-19)29-2/h4-11,16,18,21H,3,12-15H2,1-2H3. The van der Waals surface area contributed by atoms with Gasteiger partial charge in [0.2, 0.25) is 17.6 Å². The molecule has 1 fully saturated rings. The average Bonchev–Trinajstić information content (AvgIpc) is 3.31. The number of hydrogen-bond donors (Lipinski definition) is 0. The van der Waals surface area contributed by atoms with Crippen LogP contribution in [-0.4, -0.2) is 41.1 Å². The van der Waals surface area contributed by atoms with E-state index >= 15 is 0 Å². The van der Waals surface area contributed by atoms with Crippen LogP contribution in [0.3, 0.4) is 0 Å². The molecular formula is C24H27N3O3. The lowest BCUT2D eigenvalue weighted by Gasteiger charge is -2.33. The summed E-state index contributed by atoms with van der Waals surface area (Å²) in [5.41, 5.74) is 1.96. The van der Waals surface area contributed by atoms with E-state index in [9.17, 15) is 4.79 Å². The quantitative estimate of drug-likeness (QED) is 0.597. The van der Waals surface area contributed by atoms with Crippen molar-refractivity contribution in [2.45, 2.75) is 38.0 Å². The number of piperidine rings is 1. The molecule has 1 unspecified atom stereocenters. The number of nitrogens with zero attached hydrogens (tertiary/aromatic N) is 3. The molecular weight excluding hydrogens is 378 g/mol. The number of methoxy groups -OCH3 is 1. The zero-order chi connectivity index (χ0) is 20.9. The van der Waals surface area contributed by atoms with Crippen LogP contribution >= 0.6 is 0 Å². The van der Waals surface area contributed by atoms with Gasteiger partial charge in [-0.05, 0) is 37.0 Å². The van der Waals surface area contributed by atoms with Gasteiger partial charge >= 0.3 is 0 Å². The molecule has 1 saturated heterocycles. The number of rotatable bonds is 6. The number of likely N-dealkylation sites (tertiary alicyclic amines) is 1. The Morgan fingerprint density at radius 1 is 1.17 bits per heavy atom. The van der Waals surface area contributed by atoms with E-state index in [1.165, 1.54) is 0 Å². The first kappa shape index (κ1) is 20.1. The highest BCUT2D eigenvalue weighted by atomic mass is 16.5. The maximum Gasteiger partial charge on any atom is 0.230 e. The van der Waals surface area contributed by atoms with E-state index in [1.54, 1.807) is 7.11 Å². The van der Waals surface area contributed by atoms with Crippen LogP contribution < -0.4 is 4.74 Å². The first-order chi connectivity index (χ1) is 14.7. The number of benzene rings is 2. The predicted octanol–water partition coefficient (Wildman–Crippen LogP) is 4.65. The van der Waals surface area contributed by atoms with Gasteiger partial charge < -0.3 is 14.2 Å². The van der Waals surface area contributed by atoms with Crippen LogP contribution in [0.4, 0.5) is 0 Å². The Labute approximate surface area is 176 Å². The first-order valence-electron chi connectivity index (χ1n) is 10.5. The number of carbonyl (C=O) groups excluding carboxylic acids is 1. The first-order valence-corrected chi connectivity index (χ1v) is 10.5. The lowest BCUT2D eigenvalue weighted by atomic mass is 9.92. The molecule has 0 N–H and O–H groups in total. The zero-order valence-electron chi connectivity index (χ0n) is 17.5. The van der Waals surface area contributed by atoms with E-state index < -0.39 is 0 Å². The van der Waals surface area contributed by atoms with Crippen molar-refractivity contribution in [3.63, 3.8) is 0 Å². The second-order valence-electron chi connectivity index (χ2n) is 7.66. The Balaban J connectivity index is 1.40. The van der Waals surface area contributed by atoms with Gasteiger partial charge in [-0.15, -0.1) is 0 Å². The molecule has 0 radical (unpaired) electrons. The van der Waals surface area contributed by atoms with Gasteiger partial charge in [-0.3, -0.25) is 4.79 Å². The summed E-state index contributed by atoms with van der Waals surface area (Å²) in [7, 11) is 1.64. The molecule has 156 valence electrons. The minimum Gasteiger partial charge on any atom is -0.497 e. The van der Waals surface area contributed by atoms with Gasteiger partial charge in [0.1, 0.15) is 5.75 Å². The van der Waals surface area contributed by atoms with Gasteiger partial charge in [0.25, 0.3) is 0 Å². The Kier molecular flexibility index (Phi) is 6.12. The number of aromatic nitrogens is 2. The molecule has 1 aliphatic rings. The van der Waals surface area contributed by atoms with Gasteiger partial charge in [-0.1, -0.05) is 54.5 Å². The van der Waals surface area contributed by atoms with E-state index in [4.69, 9.17) is 9.26 Å². The maximum absolute atomic E-state index is 13.1. The lowest BCUT2D eigenvalue weighted by molar-refractivity contribution is -0.134. The van der Waals surface area contributed by atoms with Crippen molar-refractivity contribution >= 4 is 5.91 Å². The van der Waals surface area contributed by atoms with Gasteiger partial charge in [0.05, 0.1) is 13.0 Å². The third-order valence-electron chi connectivity index (χ3n) is 5.83. The Morgan fingerprint density at radius 2 is 1.93 bits per heavy atom. The molecule has 1 aliphatic heterocycles. The Hall–Kier alpha value is -3.15. The average molecular weight is 405 g/mol. The smallest absolute Gasteiger partial charge is 0.230 e. The maximum atomic E-state index is 13.1. The van der Waals surface area contributed by atoms with Crippen molar-refractivity contribution in [3.8, 4) is 17.1 Å². The van der Waals surface area contributed by atoms with E-state index in [0.717, 1.165) is 36.1 Å². The topological polar surface area (TPSA) is 68.5 Å². The molecule has 1 atom stereocenters. The largest absolute Gasteiger partial charge is 0.497 e. The van der Waals surface area contributed by atoms with Crippen LogP contribution in [0.5, 0.6) is 5.75 Å². The van der Waals surface area contributed by atoms with E-state index in [1.807, 2.05) is 59.5 Å². The van der Waals surface area contributed by atoms with E-state index in [2.05, 4.69) is 17.1 Å². The summed E-state index contributed by atoms with van der Waals surface area (Å²) in [4.78, 5) is 19.7. The van der Waals surface area contributed by atoms with Crippen molar-refractivity contribution in [2.24, 2.45) is 0 Å². The fourth-order valence-electron chi connectivity index (χ4n) is 4.09. The molecule has 6 nitrogen and oxygen atoms in total. The highest BCUT2D eigenvalue weighted by Crippen LogP contribution is 2.31. The van der Waals surface area contributed by atoms with Crippen LogP contribution in [0.25, 0.3) is 11.4 Å². The van der Waals surface area contributed by atoms with Crippen molar-refractivity contribution in [1.82, 2.24) is 15.0 Å². The summed E-state index contributed by atoms with van der Waals surface area (Å²) in [6.45, 7) is 3.49. The summed E-state index contributed by atoms with van der Waals surface area (Å²) in [5, 5.41) is 4.15. The summed E-state index contributed by atoms with van der Waals surface area (Å²) in [6, 6.07) is 17.7. The van der Waals surface area contributed by atoms with Crippen LogP contribution in [0.2, 0.25) is 0 Å². The van der Waals surface area contributed by atoms with Crippen LogP contribution in [0.1, 0.15) is 49.5 Å². The van der Waals surface area contributed by atoms with E-state index in [-0.39, 0.29) is 17.7 Å². The minimum absolute atomic E-state index is 0.0779. The number of amides is 1. The molecule has 4 rings (SSSR count).